The minimum atomic E-state index is -0.101. The van der Waals surface area contributed by atoms with Crippen LogP contribution in [0.5, 0.6) is 11.5 Å². The number of amides is 1. The number of carbonyl (C=O) groups excluding carboxylic acids is 1. The van der Waals surface area contributed by atoms with E-state index in [0.717, 1.165) is 37.3 Å². The van der Waals surface area contributed by atoms with Crippen LogP contribution >= 0.6 is 0 Å². The summed E-state index contributed by atoms with van der Waals surface area (Å²) in [7, 11) is 0. The Balaban J connectivity index is 1.48. The van der Waals surface area contributed by atoms with E-state index in [-0.39, 0.29) is 17.7 Å². The van der Waals surface area contributed by atoms with Crippen molar-refractivity contribution in [2.24, 2.45) is 10.7 Å². The van der Waals surface area contributed by atoms with Crippen LogP contribution < -0.4 is 15.8 Å². The maximum atomic E-state index is 13.0. The first-order valence-corrected chi connectivity index (χ1v) is 15.9. The molecule has 1 heterocycles. The fourth-order valence-corrected chi connectivity index (χ4v) is 5.34. The second kappa shape index (κ2) is 16.1. The van der Waals surface area contributed by atoms with E-state index >= 15 is 0 Å². The molecule has 0 radical (unpaired) electrons. The third kappa shape index (κ3) is 8.92. The van der Waals surface area contributed by atoms with Crippen LogP contribution in [0.1, 0.15) is 65.4 Å². The van der Waals surface area contributed by atoms with Crippen LogP contribution in [0.3, 0.4) is 0 Å². The molecule has 1 saturated heterocycles. The summed E-state index contributed by atoms with van der Waals surface area (Å²) < 4.78 is 5.93. The standard InChI is InChI=1S/C36H48N6O2/c1-5-26(3)24-39-36(40-29-21-23-42(25-29)33(43)16-11-22-41(6-2)30-12-10-13-30)34(27(4)37)35(38)28-17-19-32(20-18-28)44-31-14-8-7-9-15-31/h7-9,11,14-20,24,29-30,38H,5-6,10,12-13,21-23,25,37H2,1-4H3,(H,39,40)/b16-11+,26-24+,34-27+,38-35?. The third-order valence-electron chi connectivity index (χ3n) is 8.40. The van der Waals surface area contributed by atoms with Crippen molar-refractivity contribution in [3.8, 4) is 11.5 Å². The van der Waals surface area contributed by atoms with Gasteiger partial charge in [0, 0.05) is 49.2 Å². The van der Waals surface area contributed by atoms with Crippen molar-refractivity contribution in [2.75, 3.05) is 26.2 Å². The molecule has 2 aromatic rings. The number of hydrogen-bond acceptors (Lipinski definition) is 6. The number of amidine groups is 1. The van der Waals surface area contributed by atoms with Crippen molar-refractivity contribution in [3.05, 3.63) is 95.4 Å². The number of nitrogens with two attached hydrogens (primary N) is 1. The lowest BCUT2D eigenvalue weighted by molar-refractivity contribution is -0.125. The number of likely N-dealkylation sites (N-methyl/N-ethyl adjacent to an activating group) is 1. The highest BCUT2D eigenvalue weighted by atomic mass is 16.5. The van der Waals surface area contributed by atoms with Gasteiger partial charge in [0.1, 0.15) is 17.3 Å². The number of allylic oxidation sites excluding steroid dienone is 2. The van der Waals surface area contributed by atoms with Gasteiger partial charge in [-0.3, -0.25) is 20.1 Å². The van der Waals surface area contributed by atoms with E-state index in [2.05, 4.69) is 24.1 Å². The topological polar surface area (TPSA) is 107 Å². The molecule has 2 aliphatic rings. The minimum absolute atomic E-state index is 0.0277. The predicted molar refractivity (Wildman–Crippen MR) is 180 cm³/mol. The molecular formula is C36H48N6O2. The van der Waals surface area contributed by atoms with Crippen molar-refractivity contribution in [3.63, 3.8) is 0 Å². The average molecular weight is 597 g/mol. The number of aliphatic imine (C=N–C) groups is 1. The number of nitrogens with zero attached hydrogens (tertiary/aromatic N) is 3. The molecule has 1 unspecified atom stereocenters. The molecule has 4 rings (SSSR count). The van der Waals surface area contributed by atoms with Crippen LogP contribution in [-0.2, 0) is 4.79 Å². The molecule has 1 aliphatic carbocycles. The second-order valence-electron chi connectivity index (χ2n) is 11.6. The Morgan fingerprint density at radius 2 is 1.80 bits per heavy atom. The summed E-state index contributed by atoms with van der Waals surface area (Å²) in [5.41, 5.74) is 9.58. The second-order valence-corrected chi connectivity index (χ2v) is 11.6. The first kappa shape index (κ1) is 32.7. The summed E-state index contributed by atoms with van der Waals surface area (Å²) in [6.45, 7) is 11.1. The lowest BCUT2D eigenvalue weighted by Crippen LogP contribution is -2.40. The van der Waals surface area contributed by atoms with Gasteiger partial charge in [-0.2, -0.15) is 0 Å². The smallest absolute Gasteiger partial charge is 0.246 e. The minimum Gasteiger partial charge on any atom is -0.457 e. The monoisotopic (exact) mass is 596 g/mol. The number of likely N-dealkylation sites (tertiary alicyclic amines) is 1. The largest absolute Gasteiger partial charge is 0.457 e. The van der Waals surface area contributed by atoms with E-state index in [1.54, 1.807) is 13.0 Å². The van der Waals surface area contributed by atoms with E-state index in [9.17, 15) is 4.79 Å². The number of carbonyl (C=O) groups is 1. The predicted octanol–water partition coefficient (Wildman–Crippen LogP) is 6.41. The Hall–Kier alpha value is -4.17. The lowest BCUT2D eigenvalue weighted by Gasteiger charge is -2.36. The highest BCUT2D eigenvalue weighted by molar-refractivity contribution is 6.29. The van der Waals surface area contributed by atoms with Crippen LogP contribution in [0.15, 0.2) is 94.8 Å². The molecule has 4 N–H and O–H groups in total. The van der Waals surface area contributed by atoms with Crippen molar-refractivity contribution in [2.45, 2.75) is 71.9 Å². The van der Waals surface area contributed by atoms with Gasteiger partial charge in [-0.05, 0) is 82.5 Å². The first-order chi connectivity index (χ1) is 21.3. The molecule has 234 valence electrons. The number of ether oxygens (including phenoxy) is 1. The van der Waals surface area contributed by atoms with Gasteiger partial charge in [0.2, 0.25) is 5.91 Å². The molecule has 1 atom stereocenters. The van der Waals surface area contributed by atoms with E-state index in [1.807, 2.05) is 78.7 Å². The first-order valence-electron chi connectivity index (χ1n) is 15.9. The molecule has 1 amide bonds. The highest BCUT2D eigenvalue weighted by Crippen LogP contribution is 2.25. The normalized spacial score (nSPS) is 18.4. The Kier molecular flexibility index (Phi) is 11.9. The van der Waals surface area contributed by atoms with E-state index in [1.165, 1.54) is 19.3 Å². The maximum absolute atomic E-state index is 13.0. The van der Waals surface area contributed by atoms with Gasteiger partial charge in [0.15, 0.2) is 0 Å². The highest BCUT2D eigenvalue weighted by Gasteiger charge is 2.27. The zero-order valence-electron chi connectivity index (χ0n) is 26.7. The Morgan fingerprint density at radius 1 is 1.09 bits per heavy atom. The zero-order chi connectivity index (χ0) is 31.5. The molecule has 8 heteroatoms. The fourth-order valence-electron chi connectivity index (χ4n) is 5.34. The lowest BCUT2D eigenvalue weighted by atomic mass is 9.91. The van der Waals surface area contributed by atoms with Crippen LogP contribution in [-0.4, -0.2) is 65.5 Å². The van der Waals surface area contributed by atoms with Crippen molar-refractivity contribution < 1.29 is 9.53 Å². The van der Waals surface area contributed by atoms with Gasteiger partial charge in [0.25, 0.3) is 0 Å². The van der Waals surface area contributed by atoms with Crippen LogP contribution in [0.4, 0.5) is 0 Å². The molecular weight excluding hydrogens is 548 g/mol. The number of rotatable bonds is 13. The van der Waals surface area contributed by atoms with Crippen molar-refractivity contribution >= 4 is 17.5 Å². The molecule has 8 nitrogen and oxygen atoms in total. The van der Waals surface area contributed by atoms with Crippen LogP contribution in [0.25, 0.3) is 0 Å². The summed E-state index contributed by atoms with van der Waals surface area (Å²) in [6.07, 6.45) is 11.1. The van der Waals surface area contributed by atoms with Crippen LogP contribution in [0.2, 0.25) is 0 Å². The van der Waals surface area contributed by atoms with Gasteiger partial charge in [-0.25, -0.2) is 0 Å². The van der Waals surface area contributed by atoms with E-state index in [0.29, 0.717) is 47.6 Å². The van der Waals surface area contributed by atoms with Gasteiger partial charge in [0.05, 0.1) is 17.3 Å². The molecule has 2 fully saturated rings. The Labute approximate surface area is 262 Å². The number of benzene rings is 2. The molecule has 0 aromatic heterocycles. The summed E-state index contributed by atoms with van der Waals surface area (Å²) in [4.78, 5) is 22.4. The summed E-state index contributed by atoms with van der Waals surface area (Å²) in [5, 5.41) is 12.5. The van der Waals surface area contributed by atoms with Gasteiger partial charge in [-0.1, -0.05) is 50.1 Å². The molecule has 2 aromatic carbocycles. The SMILES string of the molecule is CC/C(C)=C/NC(=NC1CCN(C(=O)/C=C/CN(CC)C2CCC2)C1)/C(C(=N)c1ccc(Oc2ccccc2)cc1)=C(\C)N. The molecule has 1 saturated carbocycles. The number of hydrogen-bond donors (Lipinski definition) is 3. The van der Waals surface area contributed by atoms with E-state index < -0.39 is 0 Å². The maximum Gasteiger partial charge on any atom is 0.246 e. The fraction of sp³-hybridized carbons (Fsp3) is 0.417. The van der Waals surface area contributed by atoms with Crippen molar-refractivity contribution in [1.82, 2.24) is 15.1 Å². The summed E-state index contributed by atoms with van der Waals surface area (Å²) in [5.74, 6) is 2.01. The van der Waals surface area contributed by atoms with E-state index in [4.69, 9.17) is 20.9 Å². The quantitative estimate of drug-likeness (QED) is 0.141. The van der Waals surface area contributed by atoms with Gasteiger partial charge in [-0.15, -0.1) is 0 Å². The number of nitrogens with one attached hydrogen (secondary N) is 2. The van der Waals surface area contributed by atoms with Crippen LogP contribution in [0, 0.1) is 5.41 Å². The zero-order valence-corrected chi connectivity index (χ0v) is 26.7. The van der Waals surface area contributed by atoms with Gasteiger partial charge < -0.3 is 20.7 Å². The summed E-state index contributed by atoms with van der Waals surface area (Å²) >= 11 is 0. The molecule has 0 spiro atoms. The molecule has 44 heavy (non-hydrogen) atoms. The number of para-hydroxylation sites is 1. The average Bonchev–Trinajstić information content (AvgIpc) is 3.47. The molecule has 0 bridgehead atoms. The third-order valence-corrected chi connectivity index (χ3v) is 8.40. The van der Waals surface area contributed by atoms with Crippen molar-refractivity contribution in [1.29, 1.82) is 5.41 Å². The summed E-state index contributed by atoms with van der Waals surface area (Å²) in [6, 6.07) is 17.6. The molecule has 1 aliphatic heterocycles. The van der Waals surface area contributed by atoms with Gasteiger partial charge >= 0.3 is 0 Å². The Bertz CT molecular complexity index is 1390. The Morgan fingerprint density at radius 3 is 2.41 bits per heavy atom.